The standard InChI is InChI=1S/C16H28N2O3/c1-12-4-2-3-5-13(12)10-21-11-15(19)8-17-9-16(20)18-14-6-7-14/h2-3,12-15,17,19H,4-11H2,1H3,(H,18,20). The van der Waals surface area contributed by atoms with Gasteiger partial charge in [0.2, 0.25) is 5.91 Å². The van der Waals surface area contributed by atoms with Gasteiger partial charge in [0.25, 0.3) is 0 Å². The van der Waals surface area contributed by atoms with Gasteiger partial charge >= 0.3 is 0 Å². The van der Waals surface area contributed by atoms with Crippen molar-refractivity contribution in [1.29, 1.82) is 0 Å². The lowest BCUT2D eigenvalue weighted by atomic mass is 9.85. The Hall–Kier alpha value is -0.910. The first kappa shape index (κ1) is 16.5. The van der Waals surface area contributed by atoms with E-state index >= 15 is 0 Å². The minimum atomic E-state index is -0.562. The first-order chi connectivity index (χ1) is 10.1. The highest BCUT2D eigenvalue weighted by atomic mass is 16.5. The van der Waals surface area contributed by atoms with Crippen LogP contribution in [-0.2, 0) is 9.53 Å². The predicted octanol–water partition coefficient (Wildman–Crippen LogP) is 0.834. The summed E-state index contributed by atoms with van der Waals surface area (Å²) in [4.78, 5) is 11.4. The zero-order valence-electron chi connectivity index (χ0n) is 12.9. The van der Waals surface area contributed by atoms with Crippen LogP contribution in [0, 0.1) is 11.8 Å². The SMILES string of the molecule is CC1CC=CCC1COCC(O)CNCC(=O)NC1CC1. The van der Waals surface area contributed by atoms with Crippen LogP contribution in [0.2, 0.25) is 0 Å². The largest absolute Gasteiger partial charge is 0.389 e. The number of hydrogen-bond donors (Lipinski definition) is 3. The molecule has 2 aliphatic rings. The zero-order chi connectivity index (χ0) is 15.1. The van der Waals surface area contributed by atoms with E-state index in [0.717, 1.165) is 25.7 Å². The van der Waals surface area contributed by atoms with Crippen molar-refractivity contribution < 1.29 is 14.6 Å². The second kappa shape index (κ2) is 8.51. The molecule has 5 nitrogen and oxygen atoms in total. The Kier molecular flexibility index (Phi) is 6.67. The summed E-state index contributed by atoms with van der Waals surface area (Å²) in [5, 5.41) is 15.7. The highest BCUT2D eigenvalue weighted by Gasteiger charge is 2.23. The summed E-state index contributed by atoms with van der Waals surface area (Å²) in [6.45, 7) is 3.92. The van der Waals surface area contributed by atoms with Crippen LogP contribution in [-0.4, -0.2) is 49.5 Å². The van der Waals surface area contributed by atoms with Gasteiger partial charge in [-0.25, -0.2) is 0 Å². The summed E-state index contributed by atoms with van der Waals surface area (Å²) >= 11 is 0. The molecule has 0 aliphatic heterocycles. The Morgan fingerprint density at radius 1 is 1.38 bits per heavy atom. The Bertz CT molecular complexity index is 355. The fraction of sp³-hybridized carbons (Fsp3) is 0.812. The van der Waals surface area contributed by atoms with Gasteiger partial charge in [0.1, 0.15) is 0 Å². The number of hydrogen-bond acceptors (Lipinski definition) is 4. The molecule has 0 aromatic heterocycles. The van der Waals surface area contributed by atoms with E-state index in [2.05, 4.69) is 29.7 Å². The monoisotopic (exact) mass is 296 g/mol. The van der Waals surface area contributed by atoms with Crippen LogP contribution in [0.4, 0.5) is 0 Å². The fourth-order valence-corrected chi connectivity index (χ4v) is 2.51. The number of carbonyl (C=O) groups excluding carboxylic acids is 1. The van der Waals surface area contributed by atoms with Gasteiger partial charge in [-0.1, -0.05) is 19.1 Å². The Balaban J connectivity index is 1.48. The molecule has 2 rings (SSSR count). The van der Waals surface area contributed by atoms with Crippen LogP contribution >= 0.6 is 0 Å². The summed E-state index contributed by atoms with van der Waals surface area (Å²) in [5.41, 5.74) is 0. The van der Waals surface area contributed by atoms with Crippen LogP contribution < -0.4 is 10.6 Å². The van der Waals surface area contributed by atoms with Crippen molar-refractivity contribution >= 4 is 5.91 Å². The van der Waals surface area contributed by atoms with Crippen molar-refractivity contribution in [3.05, 3.63) is 12.2 Å². The van der Waals surface area contributed by atoms with Gasteiger partial charge in [-0.2, -0.15) is 0 Å². The number of amides is 1. The van der Waals surface area contributed by atoms with Gasteiger partial charge in [0, 0.05) is 12.6 Å². The molecule has 21 heavy (non-hydrogen) atoms. The van der Waals surface area contributed by atoms with E-state index in [0.29, 0.717) is 37.6 Å². The van der Waals surface area contributed by atoms with Crippen LogP contribution in [0.3, 0.4) is 0 Å². The third kappa shape index (κ3) is 6.59. The minimum absolute atomic E-state index is 0.00781. The van der Waals surface area contributed by atoms with Gasteiger partial charge in [0.15, 0.2) is 0 Å². The molecule has 0 spiro atoms. The number of carbonyl (C=O) groups is 1. The number of nitrogens with one attached hydrogen (secondary N) is 2. The number of aliphatic hydroxyl groups excluding tert-OH is 1. The second-order valence-electron chi connectivity index (χ2n) is 6.34. The Morgan fingerprint density at radius 2 is 2.14 bits per heavy atom. The van der Waals surface area contributed by atoms with Crippen molar-refractivity contribution in [2.75, 3.05) is 26.3 Å². The van der Waals surface area contributed by atoms with Crippen molar-refractivity contribution in [3.63, 3.8) is 0 Å². The molecule has 120 valence electrons. The Labute approximate surface area is 127 Å². The number of allylic oxidation sites excluding steroid dienone is 2. The van der Waals surface area contributed by atoms with Gasteiger partial charge < -0.3 is 20.5 Å². The lowest BCUT2D eigenvalue weighted by Gasteiger charge is -2.25. The van der Waals surface area contributed by atoms with Gasteiger partial charge in [-0.15, -0.1) is 0 Å². The van der Waals surface area contributed by atoms with Crippen molar-refractivity contribution in [2.45, 2.75) is 44.8 Å². The third-order valence-electron chi connectivity index (χ3n) is 4.17. The number of ether oxygens (including phenoxy) is 1. The smallest absolute Gasteiger partial charge is 0.234 e. The van der Waals surface area contributed by atoms with E-state index in [4.69, 9.17) is 4.74 Å². The van der Waals surface area contributed by atoms with Gasteiger partial charge in [-0.3, -0.25) is 4.79 Å². The molecule has 0 aromatic carbocycles. The molecule has 2 aliphatic carbocycles. The summed E-state index contributed by atoms with van der Waals surface area (Å²) in [7, 11) is 0. The quantitative estimate of drug-likeness (QED) is 0.551. The third-order valence-corrected chi connectivity index (χ3v) is 4.17. The average molecular weight is 296 g/mol. The van der Waals surface area contributed by atoms with E-state index in [-0.39, 0.29) is 12.5 Å². The van der Waals surface area contributed by atoms with Crippen LogP contribution in [0.25, 0.3) is 0 Å². The molecule has 0 heterocycles. The van der Waals surface area contributed by atoms with E-state index in [1.54, 1.807) is 0 Å². The number of rotatable bonds is 9. The molecule has 0 bridgehead atoms. The molecule has 5 heteroatoms. The lowest BCUT2D eigenvalue weighted by Crippen LogP contribution is -2.39. The highest BCUT2D eigenvalue weighted by Crippen LogP contribution is 2.24. The lowest BCUT2D eigenvalue weighted by molar-refractivity contribution is -0.120. The first-order valence-corrected chi connectivity index (χ1v) is 8.06. The minimum Gasteiger partial charge on any atom is -0.389 e. The second-order valence-corrected chi connectivity index (χ2v) is 6.34. The van der Waals surface area contributed by atoms with Gasteiger partial charge in [-0.05, 0) is 37.5 Å². The fourth-order valence-electron chi connectivity index (χ4n) is 2.51. The summed E-state index contributed by atoms with van der Waals surface area (Å²) in [5.74, 6) is 1.21. The molecule has 1 saturated carbocycles. The zero-order valence-corrected chi connectivity index (χ0v) is 12.9. The highest BCUT2D eigenvalue weighted by molar-refractivity contribution is 5.78. The average Bonchev–Trinajstić information content (AvgIpc) is 3.25. The number of aliphatic hydroxyl groups is 1. The first-order valence-electron chi connectivity index (χ1n) is 8.06. The maximum absolute atomic E-state index is 11.4. The molecular weight excluding hydrogens is 268 g/mol. The van der Waals surface area contributed by atoms with Gasteiger partial charge in [0.05, 0.1) is 25.9 Å². The van der Waals surface area contributed by atoms with Crippen LogP contribution in [0.1, 0.15) is 32.6 Å². The van der Waals surface area contributed by atoms with E-state index in [1.807, 2.05) is 0 Å². The van der Waals surface area contributed by atoms with Crippen molar-refractivity contribution in [3.8, 4) is 0 Å². The predicted molar refractivity (Wildman–Crippen MR) is 81.9 cm³/mol. The molecule has 1 amide bonds. The molecule has 3 unspecified atom stereocenters. The van der Waals surface area contributed by atoms with Crippen LogP contribution in [0.5, 0.6) is 0 Å². The summed E-state index contributed by atoms with van der Waals surface area (Å²) in [6, 6.07) is 0.388. The molecule has 3 N–H and O–H groups in total. The maximum Gasteiger partial charge on any atom is 0.234 e. The molecular formula is C16H28N2O3. The maximum atomic E-state index is 11.4. The topological polar surface area (TPSA) is 70.6 Å². The molecule has 0 aromatic rings. The van der Waals surface area contributed by atoms with Crippen molar-refractivity contribution in [2.24, 2.45) is 11.8 Å². The molecule has 1 fully saturated rings. The van der Waals surface area contributed by atoms with E-state index in [1.165, 1.54) is 0 Å². The molecule has 3 atom stereocenters. The normalized spacial score (nSPS) is 26.6. The summed E-state index contributed by atoms with van der Waals surface area (Å²) < 4.78 is 5.61. The molecule has 0 saturated heterocycles. The van der Waals surface area contributed by atoms with E-state index in [9.17, 15) is 9.90 Å². The summed E-state index contributed by atoms with van der Waals surface area (Å²) in [6.07, 6.45) is 8.25. The molecule has 0 radical (unpaired) electrons. The van der Waals surface area contributed by atoms with E-state index < -0.39 is 6.10 Å². The van der Waals surface area contributed by atoms with Crippen molar-refractivity contribution in [1.82, 2.24) is 10.6 Å². The van der Waals surface area contributed by atoms with Crippen LogP contribution in [0.15, 0.2) is 12.2 Å². The Morgan fingerprint density at radius 3 is 2.86 bits per heavy atom.